The molecule has 304 valence electrons. The summed E-state index contributed by atoms with van der Waals surface area (Å²) in [5.41, 5.74) is 3.76. The Bertz CT molecular complexity index is 2580. The van der Waals surface area contributed by atoms with Crippen molar-refractivity contribution in [1.82, 2.24) is 44.7 Å². The number of imide groups is 1. The van der Waals surface area contributed by atoms with Crippen molar-refractivity contribution in [2.75, 3.05) is 49.1 Å². The van der Waals surface area contributed by atoms with Gasteiger partial charge in [0.15, 0.2) is 17.4 Å². The van der Waals surface area contributed by atoms with Crippen molar-refractivity contribution in [3.05, 3.63) is 96.0 Å². The highest BCUT2D eigenvalue weighted by Crippen LogP contribution is 2.34. The number of halogens is 3. The fourth-order valence-electron chi connectivity index (χ4n) is 8.19. The number of imidazole rings is 1. The van der Waals surface area contributed by atoms with E-state index in [1.54, 1.807) is 6.20 Å². The maximum Gasteiger partial charge on any atom is 0.329 e. The van der Waals surface area contributed by atoms with E-state index in [1.165, 1.54) is 4.90 Å². The predicted octanol–water partition coefficient (Wildman–Crippen LogP) is 5.19. The molecule has 4 amide bonds. The van der Waals surface area contributed by atoms with E-state index in [0.717, 1.165) is 91.6 Å². The Morgan fingerprint density at radius 3 is 2.42 bits per heavy atom. The lowest BCUT2D eigenvalue weighted by Crippen LogP contribution is -2.50. The molecule has 0 atom stereocenters. The van der Waals surface area contributed by atoms with E-state index >= 15 is 0 Å². The lowest BCUT2D eigenvalue weighted by molar-refractivity contribution is -0.120. The maximum absolute atomic E-state index is 14.1. The first-order valence-electron chi connectivity index (χ1n) is 19.6. The Morgan fingerprint density at radius 2 is 1.66 bits per heavy atom. The molecule has 0 radical (unpaired) electrons. The van der Waals surface area contributed by atoms with E-state index in [9.17, 15) is 32.7 Å². The standard InChI is InChI=1S/C41H40F3N11O4/c42-31-17-30(36(43)37(44)38(31)57)39(58)46-18-24-1-5-29(6-2-24)55-23-27-4-3-26(16-32(27)50-55)28-19-47-40(48-20-28)52-13-11-51(12-14-52)22-25-7-9-53-33(15-25)45-21-35(53)54-10-8-34(56)49-41(54)59/h3-4,7,9,15-17,19-21,23-24,29,57H,1-2,5-6,8,10-14,18,22H2,(H,46,58)(H,49,56,59)/t24-,29-. The van der Waals surface area contributed by atoms with Gasteiger partial charge in [0.2, 0.25) is 17.7 Å². The van der Waals surface area contributed by atoms with Crippen molar-refractivity contribution in [3.63, 3.8) is 0 Å². The lowest BCUT2D eigenvalue weighted by Gasteiger charge is -2.34. The highest BCUT2D eigenvalue weighted by Gasteiger charge is 2.28. The van der Waals surface area contributed by atoms with Crippen LogP contribution >= 0.6 is 0 Å². The number of nitrogens with zero attached hydrogens (tertiary/aromatic N) is 9. The number of hydrogen-bond acceptors (Lipinski definition) is 10. The third-order valence-electron chi connectivity index (χ3n) is 11.6. The van der Waals surface area contributed by atoms with E-state index in [1.807, 2.05) is 64.2 Å². The highest BCUT2D eigenvalue weighted by atomic mass is 19.2. The van der Waals surface area contributed by atoms with Crippen LogP contribution in [0.15, 0.2) is 67.4 Å². The van der Waals surface area contributed by atoms with Gasteiger partial charge in [0.25, 0.3) is 5.91 Å². The number of phenolic OH excluding ortho intramolecular Hbond substituents is 1. The quantitative estimate of drug-likeness (QED) is 0.166. The second-order valence-corrected chi connectivity index (χ2v) is 15.3. The third kappa shape index (κ3) is 7.62. The first kappa shape index (κ1) is 38.0. The predicted molar refractivity (Wildman–Crippen MR) is 210 cm³/mol. The SMILES string of the molecule is O=C1CCN(c2cnc3cc(CN4CCN(c5ncc(-c6ccc7cn([C@H]8CC[C@H](CNC(=O)c9cc(F)c(O)c(F)c9F)CC8)nc7c6)cn5)CC4)ccn23)C(=O)N1. The van der Waals surface area contributed by atoms with Crippen LogP contribution in [0.2, 0.25) is 0 Å². The van der Waals surface area contributed by atoms with Gasteiger partial charge in [-0.05, 0) is 67.0 Å². The van der Waals surface area contributed by atoms with Crippen molar-refractivity contribution < 1.29 is 32.7 Å². The zero-order chi connectivity index (χ0) is 40.8. The average molecular weight is 808 g/mol. The molecule has 3 N–H and O–H groups in total. The van der Waals surface area contributed by atoms with Crippen molar-refractivity contribution in [2.45, 2.75) is 44.7 Å². The number of amides is 4. The number of pyridine rings is 1. The van der Waals surface area contributed by atoms with E-state index in [-0.39, 0.29) is 30.8 Å². The molecule has 6 heterocycles. The summed E-state index contributed by atoms with van der Waals surface area (Å²) in [6.45, 7) is 4.53. The summed E-state index contributed by atoms with van der Waals surface area (Å²) in [6.07, 6.45) is 12.7. The number of anilines is 2. The van der Waals surface area contributed by atoms with Crippen LogP contribution in [-0.4, -0.2) is 96.3 Å². The van der Waals surface area contributed by atoms with Crippen LogP contribution in [0.5, 0.6) is 5.75 Å². The second-order valence-electron chi connectivity index (χ2n) is 15.3. The Balaban J connectivity index is 0.761. The van der Waals surface area contributed by atoms with E-state index in [0.29, 0.717) is 24.4 Å². The zero-order valence-corrected chi connectivity index (χ0v) is 31.8. The number of aromatic nitrogens is 6. The second kappa shape index (κ2) is 15.7. The first-order valence-corrected chi connectivity index (χ1v) is 19.6. The maximum atomic E-state index is 14.1. The number of rotatable bonds is 9. The molecule has 3 aliphatic rings. The summed E-state index contributed by atoms with van der Waals surface area (Å²) < 4.78 is 45.4. The summed E-state index contributed by atoms with van der Waals surface area (Å²) in [7, 11) is 0. The third-order valence-corrected chi connectivity index (χ3v) is 11.6. The number of carbonyl (C=O) groups excluding carboxylic acids is 3. The van der Waals surface area contributed by atoms with Crippen molar-refractivity contribution in [2.24, 2.45) is 5.92 Å². The van der Waals surface area contributed by atoms with Crippen molar-refractivity contribution >= 4 is 46.2 Å². The molecule has 6 aromatic rings. The molecular weight excluding hydrogens is 768 g/mol. The molecule has 18 heteroatoms. The van der Waals surface area contributed by atoms with Gasteiger partial charge in [-0.25, -0.2) is 28.5 Å². The number of carbonyl (C=O) groups is 3. The topological polar surface area (TPSA) is 166 Å². The number of hydrogen-bond donors (Lipinski definition) is 3. The minimum absolute atomic E-state index is 0.112. The molecule has 1 saturated carbocycles. The minimum Gasteiger partial charge on any atom is -0.503 e. The van der Waals surface area contributed by atoms with Gasteiger partial charge in [0, 0.05) is 88.0 Å². The molecule has 0 unspecified atom stereocenters. The van der Waals surface area contributed by atoms with Crippen LogP contribution in [0.3, 0.4) is 0 Å². The van der Waals surface area contributed by atoms with Gasteiger partial charge >= 0.3 is 6.03 Å². The molecule has 15 nitrogen and oxygen atoms in total. The number of nitrogens with one attached hydrogen (secondary N) is 2. The smallest absolute Gasteiger partial charge is 0.329 e. The Kier molecular flexibility index (Phi) is 10.1. The number of urea groups is 1. The van der Waals surface area contributed by atoms with E-state index in [2.05, 4.69) is 25.4 Å². The van der Waals surface area contributed by atoms with Gasteiger partial charge in [-0.2, -0.15) is 9.49 Å². The van der Waals surface area contributed by atoms with Gasteiger partial charge in [0.1, 0.15) is 11.5 Å². The molecule has 0 spiro atoms. The van der Waals surface area contributed by atoms with Crippen molar-refractivity contribution in [1.29, 1.82) is 0 Å². The fraction of sp³-hybridized carbons (Fsp3) is 0.341. The van der Waals surface area contributed by atoms with Crippen LogP contribution < -0.4 is 20.4 Å². The average Bonchev–Trinajstić information content (AvgIpc) is 3.88. The summed E-state index contributed by atoms with van der Waals surface area (Å²) in [6, 6.07) is 10.4. The molecule has 9 rings (SSSR count). The summed E-state index contributed by atoms with van der Waals surface area (Å²) in [5, 5.41) is 20.1. The molecule has 2 aromatic carbocycles. The normalized spacial score (nSPS) is 19.1. The number of fused-ring (bicyclic) bond motifs is 2. The zero-order valence-electron chi connectivity index (χ0n) is 31.8. The summed E-state index contributed by atoms with van der Waals surface area (Å²) in [4.78, 5) is 56.4. The minimum atomic E-state index is -1.79. The number of phenols is 1. The van der Waals surface area contributed by atoms with Gasteiger partial charge < -0.3 is 15.3 Å². The molecular formula is C41H40F3N11O4. The van der Waals surface area contributed by atoms with Crippen LogP contribution in [0.25, 0.3) is 27.7 Å². The number of piperazine rings is 1. The Labute approximate surface area is 335 Å². The van der Waals surface area contributed by atoms with Gasteiger partial charge in [0.05, 0.1) is 23.3 Å². The molecule has 0 bridgehead atoms. The molecule has 1 aliphatic carbocycles. The molecule has 2 saturated heterocycles. The van der Waals surface area contributed by atoms with Gasteiger partial charge in [-0.3, -0.25) is 33.8 Å². The van der Waals surface area contributed by atoms with Gasteiger partial charge in [-0.1, -0.05) is 12.1 Å². The van der Waals surface area contributed by atoms with Crippen LogP contribution in [0, 0.1) is 23.4 Å². The molecule has 3 fully saturated rings. The van der Waals surface area contributed by atoms with Crippen LogP contribution in [0.1, 0.15) is 54.1 Å². The Hall–Kier alpha value is -6.56. The fourth-order valence-corrected chi connectivity index (χ4v) is 8.19. The molecule has 59 heavy (non-hydrogen) atoms. The number of aromatic hydroxyl groups is 1. The highest BCUT2D eigenvalue weighted by molar-refractivity contribution is 6.05. The summed E-state index contributed by atoms with van der Waals surface area (Å²) >= 11 is 0. The Morgan fingerprint density at radius 1 is 0.881 bits per heavy atom. The van der Waals surface area contributed by atoms with Crippen molar-refractivity contribution in [3.8, 4) is 16.9 Å². The molecule has 4 aromatic heterocycles. The van der Waals surface area contributed by atoms with E-state index < -0.39 is 40.7 Å². The lowest BCUT2D eigenvalue weighted by atomic mass is 9.86. The first-order chi connectivity index (χ1) is 28.6. The largest absolute Gasteiger partial charge is 0.503 e. The molecule has 2 aliphatic heterocycles. The monoisotopic (exact) mass is 807 g/mol. The summed E-state index contributed by atoms with van der Waals surface area (Å²) in [5.74, 6) is -6.01. The number of benzene rings is 2. The van der Waals surface area contributed by atoms with E-state index in [4.69, 9.17) is 15.1 Å². The van der Waals surface area contributed by atoms with Crippen LogP contribution in [0.4, 0.5) is 29.7 Å². The van der Waals surface area contributed by atoms with Crippen LogP contribution in [-0.2, 0) is 11.3 Å². The van der Waals surface area contributed by atoms with Gasteiger partial charge in [-0.15, -0.1) is 0 Å².